The molecule has 23 heavy (non-hydrogen) atoms. The third kappa shape index (κ3) is 3.82. The zero-order valence-electron chi connectivity index (χ0n) is 12.1. The lowest BCUT2D eigenvalue weighted by Gasteiger charge is -2.07. The first kappa shape index (κ1) is 15.4. The number of thiazole rings is 1. The Hall–Kier alpha value is -2.51. The van der Waals surface area contributed by atoms with E-state index >= 15 is 0 Å². The molecule has 1 amide bonds. The van der Waals surface area contributed by atoms with Gasteiger partial charge in [0, 0.05) is 28.5 Å². The van der Waals surface area contributed by atoms with E-state index in [1.807, 2.05) is 13.0 Å². The molecule has 0 aliphatic rings. The van der Waals surface area contributed by atoms with Gasteiger partial charge in [0.05, 0.1) is 0 Å². The highest BCUT2D eigenvalue weighted by Crippen LogP contribution is 2.22. The molecule has 0 aliphatic heterocycles. The van der Waals surface area contributed by atoms with E-state index in [0.717, 1.165) is 5.56 Å². The summed E-state index contributed by atoms with van der Waals surface area (Å²) in [6.07, 6.45) is 3.25. The molecule has 0 saturated carbocycles. The Bertz CT molecular complexity index is 837. The number of aryl methyl sites for hydroxylation is 1. The molecule has 0 atom stereocenters. The summed E-state index contributed by atoms with van der Waals surface area (Å²) >= 11 is 7.25. The second kappa shape index (κ2) is 6.72. The number of rotatable bonds is 4. The van der Waals surface area contributed by atoms with Gasteiger partial charge in [0.15, 0.2) is 5.13 Å². The van der Waals surface area contributed by atoms with Crippen molar-refractivity contribution < 1.29 is 4.79 Å². The first-order valence-corrected chi connectivity index (χ1v) is 7.94. The lowest BCUT2D eigenvalue weighted by Crippen LogP contribution is -2.13. The Balaban J connectivity index is 1.72. The standard InChI is InChI=1S/C15H12ClN5OS/c1-9-3-4-10(16)7-11(9)19-13(22)12-8-23-15(20-12)21-14-17-5-2-6-18-14/h2-8H,1H3,(H,19,22)(H,17,18,20,21). The van der Waals surface area contributed by atoms with E-state index in [0.29, 0.717) is 27.5 Å². The molecule has 0 spiro atoms. The highest BCUT2D eigenvalue weighted by Gasteiger charge is 2.13. The number of carbonyl (C=O) groups excluding carboxylic acids is 1. The quantitative estimate of drug-likeness (QED) is 0.749. The van der Waals surface area contributed by atoms with Gasteiger partial charge in [-0.1, -0.05) is 17.7 Å². The van der Waals surface area contributed by atoms with Gasteiger partial charge >= 0.3 is 0 Å². The SMILES string of the molecule is Cc1ccc(Cl)cc1NC(=O)c1csc(Nc2ncccn2)n1. The van der Waals surface area contributed by atoms with Crippen LogP contribution in [0.3, 0.4) is 0 Å². The van der Waals surface area contributed by atoms with Crippen LogP contribution in [0.1, 0.15) is 16.1 Å². The van der Waals surface area contributed by atoms with Gasteiger partial charge in [-0.3, -0.25) is 4.79 Å². The van der Waals surface area contributed by atoms with Gasteiger partial charge in [-0.25, -0.2) is 15.0 Å². The predicted octanol–water partition coefficient (Wildman–Crippen LogP) is 3.89. The molecule has 6 nitrogen and oxygen atoms in total. The van der Waals surface area contributed by atoms with Crippen molar-refractivity contribution in [2.24, 2.45) is 0 Å². The Kier molecular flexibility index (Phi) is 4.50. The number of benzene rings is 1. The minimum Gasteiger partial charge on any atom is -0.320 e. The molecule has 3 aromatic rings. The van der Waals surface area contributed by atoms with Crippen LogP contribution < -0.4 is 10.6 Å². The van der Waals surface area contributed by atoms with Gasteiger partial charge in [-0.15, -0.1) is 11.3 Å². The molecule has 2 N–H and O–H groups in total. The van der Waals surface area contributed by atoms with Gasteiger partial charge in [0.1, 0.15) is 5.69 Å². The van der Waals surface area contributed by atoms with E-state index in [2.05, 4.69) is 25.6 Å². The summed E-state index contributed by atoms with van der Waals surface area (Å²) in [5.74, 6) is 0.133. The largest absolute Gasteiger partial charge is 0.320 e. The topological polar surface area (TPSA) is 79.8 Å². The lowest BCUT2D eigenvalue weighted by molar-refractivity contribution is 0.102. The minimum atomic E-state index is -0.298. The van der Waals surface area contributed by atoms with E-state index in [-0.39, 0.29) is 5.91 Å². The van der Waals surface area contributed by atoms with Crippen molar-refractivity contribution in [2.75, 3.05) is 10.6 Å². The third-order valence-corrected chi connectivity index (χ3v) is 3.96. The normalized spacial score (nSPS) is 10.3. The maximum absolute atomic E-state index is 12.3. The van der Waals surface area contributed by atoms with E-state index in [1.54, 1.807) is 36.0 Å². The predicted molar refractivity (Wildman–Crippen MR) is 91.6 cm³/mol. The van der Waals surface area contributed by atoms with Gasteiger partial charge < -0.3 is 10.6 Å². The zero-order valence-corrected chi connectivity index (χ0v) is 13.6. The third-order valence-electron chi connectivity index (χ3n) is 2.97. The molecule has 0 unspecified atom stereocenters. The van der Waals surface area contributed by atoms with Crippen LogP contribution >= 0.6 is 22.9 Å². The van der Waals surface area contributed by atoms with E-state index in [1.165, 1.54) is 11.3 Å². The summed E-state index contributed by atoms with van der Waals surface area (Å²) in [5.41, 5.74) is 1.90. The highest BCUT2D eigenvalue weighted by molar-refractivity contribution is 7.14. The fourth-order valence-electron chi connectivity index (χ4n) is 1.81. The van der Waals surface area contributed by atoms with Crippen molar-refractivity contribution in [1.29, 1.82) is 0 Å². The molecular weight excluding hydrogens is 334 g/mol. The number of nitrogens with one attached hydrogen (secondary N) is 2. The Labute approximate surface area is 141 Å². The number of anilines is 3. The highest BCUT2D eigenvalue weighted by atomic mass is 35.5. The average molecular weight is 346 g/mol. The fraction of sp³-hybridized carbons (Fsp3) is 0.0667. The first-order chi connectivity index (χ1) is 11.1. The van der Waals surface area contributed by atoms with Crippen LogP contribution in [0.15, 0.2) is 42.0 Å². The second-order valence-electron chi connectivity index (χ2n) is 4.65. The molecule has 0 fully saturated rings. The molecule has 116 valence electrons. The van der Waals surface area contributed by atoms with Crippen molar-refractivity contribution >= 4 is 45.6 Å². The van der Waals surface area contributed by atoms with Crippen LogP contribution in [0.5, 0.6) is 0 Å². The summed E-state index contributed by atoms with van der Waals surface area (Å²) in [4.78, 5) is 24.6. The Morgan fingerprint density at radius 2 is 2.04 bits per heavy atom. The number of amides is 1. The van der Waals surface area contributed by atoms with E-state index in [4.69, 9.17) is 11.6 Å². The zero-order chi connectivity index (χ0) is 16.2. The Morgan fingerprint density at radius 3 is 2.83 bits per heavy atom. The van der Waals surface area contributed by atoms with Gasteiger partial charge in [-0.2, -0.15) is 0 Å². The molecule has 0 bridgehead atoms. The number of hydrogen-bond donors (Lipinski definition) is 2. The van der Waals surface area contributed by atoms with Crippen molar-refractivity contribution in [3.05, 3.63) is 58.3 Å². The molecule has 0 aliphatic carbocycles. The van der Waals surface area contributed by atoms with Crippen LogP contribution in [0, 0.1) is 6.92 Å². The van der Waals surface area contributed by atoms with Crippen LogP contribution in [0.25, 0.3) is 0 Å². The lowest BCUT2D eigenvalue weighted by atomic mass is 10.2. The molecule has 0 saturated heterocycles. The maximum Gasteiger partial charge on any atom is 0.275 e. The van der Waals surface area contributed by atoms with Crippen molar-refractivity contribution in [3.8, 4) is 0 Å². The number of carbonyl (C=O) groups is 1. The van der Waals surface area contributed by atoms with E-state index < -0.39 is 0 Å². The number of nitrogens with zero attached hydrogens (tertiary/aromatic N) is 3. The number of halogens is 1. The first-order valence-electron chi connectivity index (χ1n) is 6.69. The summed E-state index contributed by atoms with van der Waals surface area (Å²) in [5, 5.41) is 8.53. The van der Waals surface area contributed by atoms with Crippen molar-refractivity contribution in [3.63, 3.8) is 0 Å². The monoisotopic (exact) mass is 345 g/mol. The van der Waals surface area contributed by atoms with Gasteiger partial charge in [-0.05, 0) is 30.7 Å². The molecule has 2 heterocycles. The molecule has 0 radical (unpaired) electrons. The van der Waals surface area contributed by atoms with Crippen LogP contribution in [0.4, 0.5) is 16.8 Å². The van der Waals surface area contributed by atoms with Gasteiger partial charge in [0.25, 0.3) is 5.91 Å². The number of hydrogen-bond acceptors (Lipinski definition) is 6. The second-order valence-corrected chi connectivity index (χ2v) is 5.94. The summed E-state index contributed by atoms with van der Waals surface area (Å²) in [7, 11) is 0. The molecule has 3 rings (SSSR count). The average Bonchev–Trinajstić information content (AvgIpc) is 3.00. The summed E-state index contributed by atoms with van der Waals surface area (Å²) in [6.45, 7) is 1.90. The van der Waals surface area contributed by atoms with Crippen molar-refractivity contribution in [2.45, 2.75) is 6.92 Å². The smallest absolute Gasteiger partial charge is 0.275 e. The van der Waals surface area contributed by atoms with Crippen molar-refractivity contribution in [1.82, 2.24) is 15.0 Å². The van der Waals surface area contributed by atoms with Gasteiger partial charge in [0.2, 0.25) is 5.95 Å². The fourth-order valence-corrected chi connectivity index (χ4v) is 2.67. The number of aromatic nitrogens is 3. The van der Waals surface area contributed by atoms with Crippen LogP contribution in [-0.4, -0.2) is 20.9 Å². The van der Waals surface area contributed by atoms with Crippen LogP contribution in [-0.2, 0) is 0 Å². The minimum absolute atomic E-state index is 0.298. The van der Waals surface area contributed by atoms with Crippen LogP contribution in [0.2, 0.25) is 5.02 Å². The van der Waals surface area contributed by atoms with E-state index in [9.17, 15) is 4.79 Å². The molecule has 8 heteroatoms. The molecular formula is C15H12ClN5OS. The molecule has 2 aromatic heterocycles. The summed E-state index contributed by atoms with van der Waals surface area (Å²) in [6, 6.07) is 7.05. The maximum atomic E-state index is 12.3. The Morgan fingerprint density at radius 1 is 1.26 bits per heavy atom. The molecule has 1 aromatic carbocycles. The summed E-state index contributed by atoms with van der Waals surface area (Å²) < 4.78 is 0.